The Balaban J connectivity index is 0.000000488. The monoisotopic (exact) mass is 333 g/mol. The zero-order chi connectivity index (χ0) is 18.1. The molecule has 1 aromatic carbocycles. The normalized spacial score (nSPS) is 11.0. The minimum absolute atomic E-state index is 0.396. The number of imidazole rings is 1. The number of nitrogens with one attached hydrogen (secondary N) is 1. The van der Waals surface area contributed by atoms with Gasteiger partial charge in [-0.25, -0.2) is 4.98 Å². The molecule has 0 saturated carbocycles. The third kappa shape index (κ3) is 7.12. The Morgan fingerprint density at radius 2 is 1.46 bits per heavy atom. The van der Waals surface area contributed by atoms with E-state index in [0.29, 0.717) is 5.75 Å². The molecule has 0 spiro atoms. The van der Waals surface area contributed by atoms with E-state index in [4.69, 9.17) is 0 Å². The van der Waals surface area contributed by atoms with Gasteiger partial charge in [0.2, 0.25) is 0 Å². The van der Waals surface area contributed by atoms with Gasteiger partial charge in [-0.05, 0) is 59.5 Å². The van der Waals surface area contributed by atoms with E-state index in [1.165, 1.54) is 11.1 Å². The van der Waals surface area contributed by atoms with Crippen LogP contribution in [0.2, 0.25) is 0 Å². The number of hydrogen-bond donors (Lipinski definition) is 2. The minimum Gasteiger partial charge on any atom is -0.508 e. The van der Waals surface area contributed by atoms with Crippen LogP contribution in [0.1, 0.15) is 16.7 Å². The summed E-state index contributed by atoms with van der Waals surface area (Å²) in [7, 11) is 12.3. The van der Waals surface area contributed by atoms with Crippen LogP contribution < -0.4 is 0 Å². The highest BCUT2D eigenvalue weighted by Crippen LogP contribution is 2.27. The molecule has 2 aromatic rings. The van der Waals surface area contributed by atoms with Gasteiger partial charge in [-0.3, -0.25) is 0 Å². The van der Waals surface area contributed by atoms with Gasteiger partial charge in [0.05, 0.1) is 6.33 Å². The van der Waals surface area contributed by atoms with Crippen LogP contribution in [-0.2, 0) is 19.6 Å². The third-order valence-electron chi connectivity index (χ3n) is 3.34. The van der Waals surface area contributed by atoms with Crippen LogP contribution in [0.25, 0.3) is 0 Å². The number of rotatable bonds is 6. The molecule has 0 radical (unpaired) electrons. The molecule has 0 aliphatic heterocycles. The Bertz CT molecular complexity index is 562. The topological polar surface area (TPSA) is 58.6 Å². The van der Waals surface area contributed by atoms with Crippen molar-refractivity contribution in [2.75, 3.05) is 42.3 Å². The first-order valence-electron chi connectivity index (χ1n) is 8.00. The highest BCUT2D eigenvalue weighted by molar-refractivity contribution is 5.44. The van der Waals surface area contributed by atoms with Crippen molar-refractivity contribution in [2.45, 2.75) is 19.6 Å². The molecule has 0 amide bonds. The van der Waals surface area contributed by atoms with E-state index < -0.39 is 0 Å². The third-order valence-corrected chi connectivity index (χ3v) is 3.34. The summed E-state index contributed by atoms with van der Waals surface area (Å²) in [6.45, 7) is 2.50. The molecule has 0 unspecified atom stereocenters. The van der Waals surface area contributed by atoms with E-state index in [9.17, 15) is 5.11 Å². The van der Waals surface area contributed by atoms with E-state index in [1.807, 2.05) is 26.2 Å². The smallest absolute Gasteiger partial charge is 0.120 e. The van der Waals surface area contributed by atoms with Crippen LogP contribution in [0.5, 0.6) is 5.75 Å². The number of aromatic hydroxyl groups is 1. The van der Waals surface area contributed by atoms with Crippen molar-refractivity contribution in [3.05, 3.63) is 47.5 Å². The predicted octanol–water partition coefficient (Wildman–Crippen LogP) is 1.99. The van der Waals surface area contributed by atoms with Crippen LogP contribution in [0.4, 0.5) is 0 Å². The zero-order valence-corrected chi connectivity index (χ0v) is 15.7. The lowest BCUT2D eigenvalue weighted by molar-refractivity contribution is 0.359. The first kappa shape index (κ1) is 20.2. The van der Waals surface area contributed by atoms with Gasteiger partial charge in [0.15, 0.2) is 0 Å². The number of phenolic OH excluding ortho intramolecular Hbond substituents is 1. The van der Waals surface area contributed by atoms with Crippen LogP contribution in [0, 0.1) is 0 Å². The molecule has 0 fully saturated rings. The number of benzene rings is 1. The van der Waals surface area contributed by atoms with Crippen molar-refractivity contribution in [1.82, 2.24) is 24.7 Å². The fourth-order valence-corrected chi connectivity index (χ4v) is 2.44. The van der Waals surface area contributed by atoms with E-state index in [2.05, 4.69) is 52.9 Å². The van der Waals surface area contributed by atoms with Crippen molar-refractivity contribution in [1.29, 1.82) is 0 Å². The van der Waals surface area contributed by atoms with Gasteiger partial charge >= 0.3 is 0 Å². The van der Waals surface area contributed by atoms with Gasteiger partial charge in [-0.1, -0.05) is 6.07 Å². The Labute approximate surface area is 145 Å². The van der Waals surface area contributed by atoms with Crippen molar-refractivity contribution >= 4 is 0 Å². The second-order valence-electron chi connectivity index (χ2n) is 6.67. The Kier molecular flexibility index (Phi) is 8.46. The van der Waals surface area contributed by atoms with E-state index >= 15 is 0 Å². The number of H-pyrrole nitrogens is 1. The number of nitrogens with zero attached hydrogens (tertiary/aromatic N) is 4. The van der Waals surface area contributed by atoms with Gasteiger partial charge in [-0.15, -0.1) is 0 Å². The Morgan fingerprint density at radius 3 is 1.88 bits per heavy atom. The molecule has 6 heteroatoms. The summed E-state index contributed by atoms with van der Waals surface area (Å²) in [6, 6.07) is 3.85. The number of phenols is 1. The van der Waals surface area contributed by atoms with Gasteiger partial charge in [-0.2, -0.15) is 0 Å². The lowest BCUT2D eigenvalue weighted by Crippen LogP contribution is -2.20. The molecule has 0 atom stereocenters. The van der Waals surface area contributed by atoms with Crippen molar-refractivity contribution in [3.8, 4) is 5.75 Å². The predicted molar refractivity (Wildman–Crippen MR) is 98.9 cm³/mol. The standard InChI is InChI=1S/C15H27N3O.C3H4N2/c1-16(2)9-12-7-8-15(19)14(11-18(5)6)13(12)10-17(3)4;1-2-5-3-4-1/h7-8,19H,9-11H2,1-6H3;1-3H,(H,4,5). The average molecular weight is 333 g/mol. The molecule has 0 bridgehead atoms. The fourth-order valence-electron chi connectivity index (χ4n) is 2.44. The summed E-state index contributed by atoms with van der Waals surface area (Å²) in [6.07, 6.45) is 5.08. The first-order valence-corrected chi connectivity index (χ1v) is 8.00. The van der Waals surface area contributed by atoms with Crippen molar-refractivity contribution in [3.63, 3.8) is 0 Å². The maximum Gasteiger partial charge on any atom is 0.120 e. The molecule has 134 valence electrons. The molecular formula is C18H31N5O. The van der Waals surface area contributed by atoms with E-state index in [-0.39, 0.29) is 0 Å². The van der Waals surface area contributed by atoms with Crippen LogP contribution in [0.15, 0.2) is 30.9 Å². The van der Waals surface area contributed by atoms with E-state index in [1.54, 1.807) is 18.7 Å². The van der Waals surface area contributed by atoms with E-state index in [0.717, 1.165) is 25.2 Å². The summed E-state index contributed by atoms with van der Waals surface area (Å²) >= 11 is 0. The minimum atomic E-state index is 0.396. The van der Waals surface area contributed by atoms with Crippen LogP contribution in [0.3, 0.4) is 0 Å². The highest BCUT2D eigenvalue weighted by atomic mass is 16.3. The Morgan fingerprint density at radius 1 is 0.875 bits per heavy atom. The van der Waals surface area contributed by atoms with Gasteiger partial charge < -0.3 is 24.8 Å². The summed E-state index contributed by atoms with van der Waals surface area (Å²) in [4.78, 5) is 12.8. The number of aromatic amines is 1. The molecule has 2 N–H and O–H groups in total. The number of hydrogen-bond acceptors (Lipinski definition) is 5. The summed E-state index contributed by atoms with van der Waals surface area (Å²) in [5, 5.41) is 10.2. The second kappa shape index (κ2) is 10.1. The maximum absolute atomic E-state index is 10.2. The molecular weight excluding hydrogens is 302 g/mol. The van der Waals surface area contributed by atoms with Crippen LogP contribution >= 0.6 is 0 Å². The summed E-state index contributed by atoms with van der Waals surface area (Å²) < 4.78 is 0. The van der Waals surface area contributed by atoms with Crippen molar-refractivity contribution < 1.29 is 5.11 Å². The molecule has 1 aromatic heterocycles. The average Bonchev–Trinajstić information content (AvgIpc) is 3.04. The lowest BCUT2D eigenvalue weighted by atomic mass is 9.98. The summed E-state index contributed by atoms with van der Waals surface area (Å²) in [5.74, 6) is 0.396. The summed E-state index contributed by atoms with van der Waals surface area (Å²) in [5.41, 5.74) is 3.57. The van der Waals surface area contributed by atoms with Gasteiger partial charge in [0.1, 0.15) is 5.75 Å². The number of aromatic nitrogens is 2. The zero-order valence-electron chi connectivity index (χ0n) is 15.7. The first-order chi connectivity index (χ1) is 11.3. The molecule has 24 heavy (non-hydrogen) atoms. The molecule has 0 aliphatic rings. The van der Waals surface area contributed by atoms with Crippen molar-refractivity contribution in [2.24, 2.45) is 0 Å². The molecule has 6 nitrogen and oxygen atoms in total. The SMILES string of the molecule is CN(C)Cc1ccc(O)c(CN(C)C)c1CN(C)C.c1c[nH]cn1. The maximum atomic E-state index is 10.2. The molecule has 1 heterocycles. The second-order valence-corrected chi connectivity index (χ2v) is 6.67. The Hall–Kier alpha value is -1.89. The highest BCUT2D eigenvalue weighted by Gasteiger charge is 2.15. The van der Waals surface area contributed by atoms with Crippen LogP contribution in [-0.4, -0.2) is 72.1 Å². The molecule has 0 saturated heterocycles. The quantitative estimate of drug-likeness (QED) is 0.847. The van der Waals surface area contributed by atoms with Gasteiger partial charge in [0.25, 0.3) is 0 Å². The van der Waals surface area contributed by atoms with Gasteiger partial charge in [0, 0.05) is 37.6 Å². The molecule has 2 rings (SSSR count). The molecule has 0 aliphatic carbocycles. The lowest BCUT2D eigenvalue weighted by Gasteiger charge is -2.23. The largest absolute Gasteiger partial charge is 0.508 e. The fraction of sp³-hybridized carbons (Fsp3) is 0.500.